The van der Waals surface area contributed by atoms with E-state index in [0.717, 1.165) is 13.1 Å². The molecule has 0 aromatic rings. The summed E-state index contributed by atoms with van der Waals surface area (Å²) >= 11 is 0. The van der Waals surface area contributed by atoms with Crippen LogP contribution in [0.4, 0.5) is 0 Å². The standard InChI is InChI=1S/C4H10N2/c1-2-6-3-4(6)5/h4H,2-3,5H2,1H3. The molecule has 6 heavy (non-hydrogen) atoms. The first kappa shape index (κ1) is 4.09. The molecular weight excluding hydrogens is 76.1 g/mol. The van der Waals surface area contributed by atoms with Crippen molar-refractivity contribution >= 4 is 0 Å². The molecule has 1 saturated heterocycles. The topological polar surface area (TPSA) is 29.0 Å². The van der Waals surface area contributed by atoms with E-state index in [1.54, 1.807) is 0 Å². The molecule has 1 aliphatic rings. The Morgan fingerprint density at radius 3 is 2.50 bits per heavy atom. The highest BCUT2D eigenvalue weighted by Crippen LogP contribution is 2.07. The van der Waals surface area contributed by atoms with Crippen molar-refractivity contribution in [3.63, 3.8) is 0 Å². The molecule has 36 valence electrons. The van der Waals surface area contributed by atoms with E-state index in [0.29, 0.717) is 6.17 Å². The predicted molar refractivity (Wildman–Crippen MR) is 25.2 cm³/mol. The maximum Gasteiger partial charge on any atom is 0.0704 e. The van der Waals surface area contributed by atoms with Gasteiger partial charge in [0.1, 0.15) is 0 Å². The summed E-state index contributed by atoms with van der Waals surface area (Å²) < 4.78 is 0. The first-order chi connectivity index (χ1) is 2.84. The molecular formula is C4H10N2. The van der Waals surface area contributed by atoms with Crippen LogP contribution in [0, 0.1) is 0 Å². The summed E-state index contributed by atoms with van der Waals surface area (Å²) in [6, 6.07) is 0. The Morgan fingerprint density at radius 1 is 2.00 bits per heavy atom. The molecule has 0 amide bonds. The molecule has 0 spiro atoms. The van der Waals surface area contributed by atoms with Crippen molar-refractivity contribution in [2.24, 2.45) is 5.73 Å². The molecule has 0 aromatic heterocycles. The van der Waals surface area contributed by atoms with Gasteiger partial charge in [0, 0.05) is 6.54 Å². The van der Waals surface area contributed by atoms with Crippen LogP contribution in [-0.2, 0) is 0 Å². The zero-order chi connectivity index (χ0) is 4.57. The Morgan fingerprint density at radius 2 is 2.50 bits per heavy atom. The maximum absolute atomic E-state index is 5.40. The average molecular weight is 86.1 g/mol. The van der Waals surface area contributed by atoms with Crippen molar-refractivity contribution in [2.75, 3.05) is 13.1 Å². The van der Waals surface area contributed by atoms with E-state index in [1.165, 1.54) is 0 Å². The summed E-state index contributed by atoms with van der Waals surface area (Å²) in [7, 11) is 0. The quantitative estimate of drug-likeness (QED) is 0.440. The minimum atomic E-state index is 0.398. The lowest BCUT2D eigenvalue weighted by atomic mass is 10.8. The average Bonchev–Trinajstić information content (AvgIpc) is 2.19. The molecule has 0 bridgehead atoms. The summed E-state index contributed by atoms with van der Waals surface area (Å²) in [4.78, 5) is 2.19. The van der Waals surface area contributed by atoms with Gasteiger partial charge in [-0.3, -0.25) is 4.90 Å². The molecule has 1 aliphatic heterocycles. The number of nitrogens with two attached hydrogens (primary N) is 1. The Bertz CT molecular complexity index is 51.5. The first-order valence-corrected chi connectivity index (χ1v) is 2.34. The molecule has 1 rings (SSSR count). The van der Waals surface area contributed by atoms with E-state index < -0.39 is 0 Å². The second kappa shape index (κ2) is 1.21. The van der Waals surface area contributed by atoms with E-state index in [-0.39, 0.29) is 0 Å². The van der Waals surface area contributed by atoms with Gasteiger partial charge in [-0.05, 0) is 6.54 Å². The van der Waals surface area contributed by atoms with Crippen molar-refractivity contribution in [3.8, 4) is 0 Å². The van der Waals surface area contributed by atoms with Gasteiger partial charge in [0.15, 0.2) is 0 Å². The number of hydrogen-bond donors (Lipinski definition) is 1. The van der Waals surface area contributed by atoms with Gasteiger partial charge in [-0.15, -0.1) is 0 Å². The van der Waals surface area contributed by atoms with Crippen LogP contribution in [0.15, 0.2) is 0 Å². The van der Waals surface area contributed by atoms with Crippen LogP contribution < -0.4 is 5.73 Å². The molecule has 0 radical (unpaired) electrons. The highest BCUT2D eigenvalue weighted by atomic mass is 15.4. The number of likely N-dealkylation sites (N-methyl/N-ethyl adjacent to an activating group) is 1. The zero-order valence-corrected chi connectivity index (χ0v) is 4.02. The lowest BCUT2D eigenvalue weighted by molar-refractivity contribution is 0.541. The van der Waals surface area contributed by atoms with Crippen molar-refractivity contribution in [2.45, 2.75) is 13.1 Å². The van der Waals surface area contributed by atoms with E-state index >= 15 is 0 Å². The molecule has 0 aliphatic carbocycles. The molecule has 2 atom stereocenters. The van der Waals surface area contributed by atoms with Crippen LogP contribution in [0.25, 0.3) is 0 Å². The van der Waals surface area contributed by atoms with Gasteiger partial charge < -0.3 is 5.73 Å². The monoisotopic (exact) mass is 86.1 g/mol. The van der Waals surface area contributed by atoms with Crippen molar-refractivity contribution < 1.29 is 0 Å². The van der Waals surface area contributed by atoms with Crippen molar-refractivity contribution in [1.29, 1.82) is 0 Å². The minimum absolute atomic E-state index is 0.398. The van der Waals surface area contributed by atoms with Crippen LogP contribution in [0.2, 0.25) is 0 Å². The smallest absolute Gasteiger partial charge is 0.0704 e. The Kier molecular flexibility index (Phi) is 0.821. The van der Waals surface area contributed by atoms with Gasteiger partial charge in [-0.1, -0.05) is 6.92 Å². The highest BCUT2D eigenvalue weighted by molar-refractivity contribution is 4.81. The van der Waals surface area contributed by atoms with Crippen LogP contribution in [0.5, 0.6) is 0 Å². The highest BCUT2D eigenvalue weighted by Gasteiger charge is 2.26. The Hall–Kier alpha value is -0.0800. The predicted octanol–water partition coefficient (Wildman–Crippen LogP) is -0.393. The lowest BCUT2D eigenvalue weighted by Crippen LogP contribution is -2.08. The summed E-state index contributed by atoms with van der Waals surface area (Å²) in [5, 5.41) is 0. The number of hydrogen-bond acceptors (Lipinski definition) is 2. The fraction of sp³-hybridized carbons (Fsp3) is 1.00. The molecule has 1 heterocycles. The SMILES string of the molecule is CCN1CC1N. The summed E-state index contributed by atoms with van der Waals surface area (Å²) in [5.74, 6) is 0. The van der Waals surface area contributed by atoms with Gasteiger partial charge in [-0.25, -0.2) is 0 Å². The van der Waals surface area contributed by atoms with E-state index in [4.69, 9.17) is 5.73 Å². The van der Waals surface area contributed by atoms with Gasteiger partial charge >= 0.3 is 0 Å². The normalized spacial score (nSPS) is 43.0. The Labute approximate surface area is 37.9 Å². The third kappa shape index (κ3) is 0.533. The van der Waals surface area contributed by atoms with E-state index in [2.05, 4.69) is 11.8 Å². The molecule has 2 unspecified atom stereocenters. The largest absolute Gasteiger partial charge is 0.315 e. The fourth-order valence-electron chi connectivity index (χ4n) is 0.557. The van der Waals surface area contributed by atoms with Crippen LogP contribution in [-0.4, -0.2) is 24.2 Å². The van der Waals surface area contributed by atoms with Gasteiger partial charge in [-0.2, -0.15) is 0 Å². The van der Waals surface area contributed by atoms with Gasteiger partial charge in [0.05, 0.1) is 6.17 Å². The summed E-state index contributed by atoms with van der Waals surface area (Å²) in [6.45, 7) is 4.34. The maximum atomic E-state index is 5.40. The second-order valence-corrected chi connectivity index (χ2v) is 1.65. The number of nitrogens with zero attached hydrogens (tertiary/aromatic N) is 1. The lowest BCUT2D eigenvalue weighted by Gasteiger charge is -1.87. The second-order valence-electron chi connectivity index (χ2n) is 1.65. The van der Waals surface area contributed by atoms with Crippen molar-refractivity contribution in [1.82, 2.24) is 4.90 Å². The van der Waals surface area contributed by atoms with Crippen molar-refractivity contribution in [3.05, 3.63) is 0 Å². The fourth-order valence-corrected chi connectivity index (χ4v) is 0.557. The summed E-state index contributed by atoms with van der Waals surface area (Å²) in [6.07, 6.45) is 0.398. The third-order valence-corrected chi connectivity index (χ3v) is 1.16. The van der Waals surface area contributed by atoms with Crippen LogP contribution in [0.3, 0.4) is 0 Å². The molecule has 0 aromatic carbocycles. The minimum Gasteiger partial charge on any atom is -0.315 e. The first-order valence-electron chi connectivity index (χ1n) is 2.34. The zero-order valence-electron chi connectivity index (χ0n) is 4.02. The van der Waals surface area contributed by atoms with Gasteiger partial charge in [0.25, 0.3) is 0 Å². The van der Waals surface area contributed by atoms with Crippen LogP contribution in [0.1, 0.15) is 6.92 Å². The van der Waals surface area contributed by atoms with Gasteiger partial charge in [0.2, 0.25) is 0 Å². The molecule has 0 saturated carbocycles. The number of rotatable bonds is 1. The molecule has 2 heteroatoms. The third-order valence-electron chi connectivity index (χ3n) is 1.16. The molecule has 1 fully saturated rings. The van der Waals surface area contributed by atoms with E-state index in [1.807, 2.05) is 0 Å². The summed E-state index contributed by atoms with van der Waals surface area (Å²) in [5.41, 5.74) is 5.40. The molecule has 2 nitrogen and oxygen atoms in total. The van der Waals surface area contributed by atoms with Crippen LogP contribution >= 0.6 is 0 Å². The van der Waals surface area contributed by atoms with E-state index in [9.17, 15) is 0 Å². The Balaban J connectivity index is 2.09. The molecule has 2 N–H and O–H groups in total.